The first-order chi connectivity index (χ1) is 8.27. The van der Waals surface area contributed by atoms with Crippen LogP contribution in [0.4, 0.5) is 0 Å². The molecule has 17 heavy (non-hydrogen) atoms. The molecule has 0 radical (unpaired) electrons. The van der Waals surface area contributed by atoms with Gasteiger partial charge in [0.2, 0.25) is 5.91 Å². The topological polar surface area (TPSA) is 61.4 Å². The van der Waals surface area contributed by atoms with Crippen LogP contribution in [-0.2, 0) is 4.79 Å². The zero-order chi connectivity index (χ0) is 12.1. The van der Waals surface area contributed by atoms with Gasteiger partial charge >= 0.3 is 0 Å². The molecule has 0 spiro atoms. The van der Waals surface area contributed by atoms with E-state index in [-0.39, 0.29) is 18.1 Å². The van der Waals surface area contributed by atoms with Crippen molar-refractivity contribution in [2.45, 2.75) is 57.1 Å². The summed E-state index contributed by atoms with van der Waals surface area (Å²) in [7, 11) is 0. The van der Waals surface area contributed by atoms with E-state index in [1.54, 1.807) is 0 Å². The van der Waals surface area contributed by atoms with Crippen LogP contribution in [0.3, 0.4) is 0 Å². The van der Waals surface area contributed by atoms with Crippen LogP contribution in [0.25, 0.3) is 0 Å². The lowest BCUT2D eigenvalue weighted by Gasteiger charge is -2.24. The molecule has 4 heteroatoms. The van der Waals surface area contributed by atoms with Crippen molar-refractivity contribution in [1.29, 1.82) is 0 Å². The molecule has 2 rings (SSSR count). The molecule has 2 unspecified atom stereocenters. The summed E-state index contributed by atoms with van der Waals surface area (Å²) in [6, 6.07) is -0.0421. The number of rotatable bonds is 4. The first-order valence-corrected chi connectivity index (χ1v) is 6.96. The lowest BCUT2D eigenvalue weighted by Crippen LogP contribution is -2.48. The van der Waals surface area contributed by atoms with Crippen LogP contribution in [0.5, 0.6) is 0 Å². The molecule has 0 bridgehead atoms. The molecule has 1 heterocycles. The molecule has 98 valence electrons. The normalized spacial score (nSPS) is 27.9. The van der Waals surface area contributed by atoms with E-state index in [9.17, 15) is 9.90 Å². The van der Waals surface area contributed by atoms with E-state index in [0.29, 0.717) is 12.5 Å². The van der Waals surface area contributed by atoms with Crippen LogP contribution in [-0.4, -0.2) is 36.2 Å². The Morgan fingerprint density at radius 3 is 2.59 bits per heavy atom. The van der Waals surface area contributed by atoms with Crippen molar-refractivity contribution < 1.29 is 9.90 Å². The fourth-order valence-corrected chi connectivity index (χ4v) is 2.91. The van der Waals surface area contributed by atoms with Crippen molar-refractivity contribution in [2.75, 3.05) is 13.1 Å². The molecule has 0 aromatic heterocycles. The summed E-state index contributed by atoms with van der Waals surface area (Å²) in [4.78, 5) is 11.8. The maximum Gasteiger partial charge on any atom is 0.237 e. The highest BCUT2D eigenvalue weighted by Gasteiger charge is 2.25. The number of carbonyl (C=O) groups is 1. The van der Waals surface area contributed by atoms with Crippen molar-refractivity contribution in [2.24, 2.45) is 5.92 Å². The van der Waals surface area contributed by atoms with Gasteiger partial charge in [-0.25, -0.2) is 0 Å². The molecule has 2 fully saturated rings. The summed E-state index contributed by atoms with van der Waals surface area (Å²) in [6.45, 7) is 1.35. The summed E-state index contributed by atoms with van der Waals surface area (Å²) in [5.74, 6) is 0.455. The third-order valence-corrected chi connectivity index (χ3v) is 4.06. The van der Waals surface area contributed by atoms with Crippen LogP contribution < -0.4 is 10.6 Å². The summed E-state index contributed by atoms with van der Waals surface area (Å²) in [5, 5.41) is 16.1. The fourth-order valence-electron chi connectivity index (χ4n) is 2.91. The molecule has 1 saturated heterocycles. The maximum absolute atomic E-state index is 11.8. The Labute approximate surface area is 103 Å². The van der Waals surface area contributed by atoms with Crippen molar-refractivity contribution in [3.63, 3.8) is 0 Å². The summed E-state index contributed by atoms with van der Waals surface area (Å²) >= 11 is 0. The fraction of sp³-hybridized carbons (Fsp3) is 0.923. The molecule has 1 saturated carbocycles. The molecule has 0 aromatic carbocycles. The van der Waals surface area contributed by atoms with E-state index in [1.807, 2.05) is 0 Å². The number of hydrogen-bond donors (Lipinski definition) is 3. The summed E-state index contributed by atoms with van der Waals surface area (Å²) < 4.78 is 0. The van der Waals surface area contributed by atoms with Gasteiger partial charge < -0.3 is 15.7 Å². The molecule has 3 N–H and O–H groups in total. The lowest BCUT2D eigenvalue weighted by atomic mass is 10.0. The molecule has 1 aliphatic heterocycles. The standard InChI is InChI=1S/C13H24N2O2/c16-12(10-5-1-2-6-10)9-15-13(17)11-7-3-4-8-14-11/h10-12,14,16H,1-9H2,(H,15,17). The predicted octanol–water partition coefficient (Wildman–Crippen LogP) is 0.796. The Hall–Kier alpha value is -0.610. The average molecular weight is 240 g/mol. The van der Waals surface area contributed by atoms with Crippen molar-refractivity contribution in [3.8, 4) is 0 Å². The minimum absolute atomic E-state index is 0.0421. The molecule has 4 nitrogen and oxygen atoms in total. The van der Waals surface area contributed by atoms with Gasteiger partial charge in [-0.3, -0.25) is 4.79 Å². The smallest absolute Gasteiger partial charge is 0.237 e. The molecular formula is C13H24N2O2. The number of hydrogen-bond acceptors (Lipinski definition) is 3. The molecule has 1 amide bonds. The number of aliphatic hydroxyl groups excluding tert-OH is 1. The number of carbonyl (C=O) groups excluding carboxylic acids is 1. The second-order valence-electron chi connectivity index (χ2n) is 5.36. The van der Waals surface area contributed by atoms with Gasteiger partial charge in [-0.1, -0.05) is 19.3 Å². The minimum atomic E-state index is -0.356. The van der Waals surface area contributed by atoms with E-state index in [4.69, 9.17) is 0 Å². The Morgan fingerprint density at radius 2 is 1.94 bits per heavy atom. The maximum atomic E-state index is 11.8. The van der Waals surface area contributed by atoms with E-state index in [1.165, 1.54) is 12.8 Å². The third kappa shape index (κ3) is 3.68. The molecule has 1 aliphatic carbocycles. The number of aliphatic hydroxyl groups is 1. The highest BCUT2D eigenvalue weighted by molar-refractivity contribution is 5.81. The van der Waals surface area contributed by atoms with Crippen molar-refractivity contribution in [3.05, 3.63) is 0 Å². The largest absolute Gasteiger partial charge is 0.391 e. The van der Waals surface area contributed by atoms with Crippen molar-refractivity contribution >= 4 is 5.91 Å². The first-order valence-electron chi connectivity index (χ1n) is 6.96. The van der Waals surface area contributed by atoms with Gasteiger partial charge in [0, 0.05) is 6.54 Å². The van der Waals surface area contributed by atoms with Gasteiger partial charge in [-0.05, 0) is 38.1 Å². The zero-order valence-corrected chi connectivity index (χ0v) is 10.5. The minimum Gasteiger partial charge on any atom is -0.391 e. The molecule has 0 aromatic rings. The van der Waals surface area contributed by atoms with Gasteiger partial charge in [-0.2, -0.15) is 0 Å². The number of amides is 1. The summed E-state index contributed by atoms with van der Waals surface area (Å²) in [6.07, 6.45) is 7.51. The Morgan fingerprint density at radius 1 is 1.24 bits per heavy atom. The molecule has 2 atom stereocenters. The number of piperidine rings is 1. The van der Waals surface area contributed by atoms with E-state index >= 15 is 0 Å². The second-order valence-corrected chi connectivity index (χ2v) is 5.36. The Bertz CT molecular complexity index is 246. The van der Waals surface area contributed by atoms with Crippen LogP contribution >= 0.6 is 0 Å². The van der Waals surface area contributed by atoms with Gasteiger partial charge in [0.15, 0.2) is 0 Å². The Balaban J connectivity index is 1.67. The van der Waals surface area contributed by atoms with Gasteiger partial charge in [-0.15, -0.1) is 0 Å². The van der Waals surface area contributed by atoms with Gasteiger partial charge in [0.1, 0.15) is 0 Å². The molecule has 2 aliphatic rings. The average Bonchev–Trinajstić information content (AvgIpc) is 2.90. The monoisotopic (exact) mass is 240 g/mol. The molecular weight excluding hydrogens is 216 g/mol. The van der Waals surface area contributed by atoms with Crippen molar-refractivity contribution in [1.82, 2.24) is 10.6 Å². The second kappa shape index (κ2) is 6.36. The lowest BCUT2D eigenvalue weighted by molar-refractivity contribution is -0.124. The summed E-state index contributed by atoms with van der Waals surface area (Å²) in [5.41, 5.74) is 0. The van der Waals surface area contributed by atoms with E-state index < -0.39 is 0 Å². The SMILES string of the molecule is O=C(NCC(O)C1CCCC1)C1CCCCN1. The first kappa shape index (κ1) is 12.8. The van der Waals surface area contributed by atoms with E-state index in [0.717, 1.165) is 38.6 Å². The highest BCUT2D eigenvalue weighted by atomic mass is 16.3. The van der Waals surface area contributed by atoms with Gasteiger partial charge in [0.25, 0.3) is 0 Å². The zero-order valence-electron chi connectivity index (χ0n) is 10.5. The van der Waals surface area contributed by atoms with Crippen LogP contribution in [0.15, 0.2) is 0 Å². The number of nitrogens with one attached hydrogen (secondary N) is 2. The van der Waals surface area contributed by atoms with Crippen LogP contribution in [0.2, 0.25) is 0 Å². The predicted molar refractivity (Wildman–Crippen MR) is 66.6 cm³/mol. The highest BCUT2D eigenvalue weighted by Crippen LogP contribution is 2.27. The van der Waals surface area contributed by atoms with Gasteiger partial charge in [0.05, 0.1) is 12.1 Å². The Kier molecular flexibility index (Phi) is 4.80. The van der Waals surface area contributed by atoms with E-state index in [2.05, 4.69) is 10.6 Å². The van der Waals surface area contributed by atoms with Crippen LogP contribution in [0.1, 0.15) is 44.9 Å². The quantitative estimate of drug-likeness (QED) is 0.681. The third-order valence-electron chi connectivity index (χ3n) is 4.06. The van der Waals surface area contributed by atoms with Crippen LogP contribution in [0, 0.1) is 5.92 Å².